The second kappa shape index (κ2) is 5.36. The SMILES string of the molecule is Cc1nscc1C(=O)N(C)C[C@@H]1CCc2nccn2C1. The zero-order chi connectivity index (χ0) is 14.1. The summed E-state index contributed by atoms with van der Waals surface area (Å²) in [7, 11) is 1.88. The quantitative estimate of drug-likeness (QED) is 0.868. The summed E-state index contributed by atoms with van der Waals surface area (Å²) in [6, 6.07) is 0. The Morgan fingerprint density at radius 1 is 1.60 bits per heavy atom. The first-order valence-electron chi connectivity index (χ1n) is 6.81. The number of nitrogens with zero attached hydrogens (tertiary/aromatic N) is 4. The third-order valence-electron chi connectivity index (χ3n) is 3.89. The number of aromatic nitrogens is 3. The number of rotatable bonds is 3. The summed E-state index contributed by atoms with van der Waals surface area (Å²) in [6.45, 7) is 3.62. The van der Waals surface area contributed by atoms with Crippen molar-refractivity contribution in [3.05, 3.63) is 34.9 Å². The summed E-state index contributed by atoms with van der Waals surface area (Å²) in [5.41, 5.74) is 1.56. The van der Waals surface area contributed by atoms with Crippen LogP contribution in [0.4, 0.5) is 0 Å². The standard InChI is InChI=1S/C14H18N4OS/c1-10-12(9-20-16-10)14(19)17(2)7-11-3-4-13-15-5-6-18(13)8-11/h5-6,9,11H,3-4,7-8H2,1-2H3/t11-/m0/s1. The van der Waals surface area contributed by atoms with Gasteiger partial charge in [-0.25, -0.2) is 4.98 Å². The van der Waals surface area contributed by atoms with Gasteiger partial charge in [-0.1, -0.05) is 0 Å². The minimum Gasteiger partial charge on any atom is -0.341 e. The highest BCUT2D eigenvalue weighted by molar-refractivity contribution is 7.03. The third kappa shape index (κ3) is 2.47. The average molecular weight is 290 g/mol. The van der Waals surface area contributed by atoms with E-state index >= 15 is 0 Å². The molecule has 6 heteroatoms. The zero-order valence-corrected chi connectivity index (χ0v) is 12.6. The Bertz CT molecular complexity index is 618. The van der Waals surface area contributed by atoms with Crippen molar-refractivity contribution in [3.63, 3.8) is 0 Å². The van der Waals surface area contributed by atoms with Crippen LogP contribution in [0.1, 0.15) is 28.3 Å². The van der Waals surface area contributed by atoms with E-state index in [2.05, 4.69) is 13.9 Å². The van der Waals surface area contributed by atoms with Gasteiger partial charge in [0.05, 0.1) is 11.3 Å². The average Bonchev–Trinajstić information content (AvgIpc) is 3.05. The number of hydrogen-bond acceptors (Lipinski definition) is 4. The topological polar surface area (TPSA) is 51.0 Å². The van der Waals surface area contributed by atoms with Crippen LogP contribution in [0.5, 0.6) is 0 Å². The maximum atomic E-state index is 12.4. The number of fused-ring (bicyclic) bond motifs is 1. The Morgan fingerprint density at radius 3 is 3.20 bits per heavy atom. The fourth-order valence-electron chi connectivity index (χ4n) is 2.76. The lowest BCUT2D eigenvalue weighted by atomic mass is 9.98. The van der Waals surface area contributed by atoms with Gasteiger partial charge in [-0.05, 0) is 30.8 Å². The first-order chi connectivity index (χ1) is 9.65. The van der Waals surface area contributed by atoms with Crippen molar-refractivity contribution in [3.8, 4) is 0 Å². The Balaban J connectivity index is 1.64. The molecule has 3 heterocycles. The summed E-state index contributed by atoms with van der Waals surface area (Å²) in [5, 5.41) is 1.84. The first-order valence-corrected chi connectivity index (χ1v) is 7.65. The molecule has 1 atom stereocenters. The van der Waals surface area contributed by atoms with Crippen LogP contribution in [-0.4, -0.2) is 38.3 Å². The molecule has 0 unspecified atom stereocenters. The fraction of sp³-hybridized carbons (Fsp3) is 0.500. The van der Waals surface area contributed by atoms with Gasteiger partial charge in [0.2, 0.25) is 0 Å². The van der Waals surface area contributed by atoms with Gasteiger partial charge in [0.15, 0.2) is 0 Å². The van der Waals surface area contributed by atoms with Gasteiger partial charge >= 0.3 is 0 Å². The van der Waals surface area contributed by atoms with Crippen LogP contribution in [0.2, 0.25) is 0 Å². The van der Waals surface area contributed by atoms with Crippen molar-refractivity contribution in [1.82, 2.24) is 18.8 Å². The van der Waals surface area contributed by atoms with Crippen LogP contribution in [0, 0.1) is 12.8 Å². The van der Waals surface area contributed by atoms with Crippen LogP contribution >= 0.6 is 11.5 Å². The highest BCUT2D eigenvalue weighted by atomic mass is 32.1. The van der Waals surface area contributed by atoms with Crippen molar-refractivity contribution in [2.75, 3.05) is 13.6 Å². The second-order valence-corrected chi connectivity index (χ2v) is 6.03. The Morgan fingerprint density at radius 2 is 2.45 bits per heavy atom. The van der Waals surface area contributed by atoms with Crippen molar-refractivity contribution in [2.45, 2.75) is 26.3 Å². The van der Waals surface area contributed by atoms with Crippen LogP contribution in [0.25, 0.3) is 0 Å². The molecule has 0 saturated heterocycles. The van der Waals surface area contributed by atoms with E-state index in [1.165, 1.54) is 11.5 Å². The van der Waals surface area contributed by atoms with Crippen molar-refractivity contribution in [2.24, 2.45) is 5.92 Å². The van der Waals surface area contributed by atoms with Gasteiger partial charge in [-0.15, -0.1) is 0 Å². The molecule has 2 aromatic heterocycles. The summed E-state index contributed by atoms with van der Waals surface area (Å²) in [6.07, 6.45) is 5.97. The number of aryl methyl sites for hydroxylation is 2. The van der Waals surface area contributed by atoms with Crippen LogP contribution < -0.4 is 0 Å². The smallest absolute Gasteiger partial charge is 0.256 e. The predicted octanol–water partition coefficient (Wildman–Crippen LogP) is 1.98. The van der Waals surface area contributed by atoms with E-state index in [9.17, 15) is 4.79 Å². The molecule has 0 fully saturated rings. The van der Waals surface area contributed by atoms with Gasteiger partial charge in [0, 0.05) is 44.3 Å². The molecule has 2 aromatic rings. The Labute approximate surface area is 122 Å². The number of hydrogen-bond donors (Lipinski definition) is 0. The summed E-state index contributed by atoms with van der Waals surface area (Å²) in [5.74, 6) is 1.73. The van der Waals surface area contributed by atoms with E-state index in [0.717, 1.165) is 43.0 Å². The van der Waals surface area contributed by atoms with Crippen LogP contribution in [-0.2, 0) is 13.0 Å². The molecule has 3 rings (SSSR count). The van der Waals surface area contributed by atoms with Gasteiger partial charge in [-0.2, -0.15) is 4.37 Å². The van der Waals surface area contributed by atoms with E-state index in [1.807, 2.05) is 36.6 Å². The molecule has 106 valence electrons. The van der Waals surface area contributed by atoms with Gasteiger partial charge in [-0.3, -0.25) is 4.79 Å². The number of amides is 1. The van der Waals surface area contributed by atoms with E-state index < -0.39 is 0 Å². The number of carbonyl (C=O) groups is 1. The fourth-order valence-corrected chi connectivity index (χ4v) is 3.45. The molecule has 1 aliphatic rings. The van der Waals surface area contributed by atoms with Crippen LogP contribution in [0.3, 0.4) is 0 Å². The molecular weight excluding hydrogens is 272 g/mol. The summed E-state index contributed by atoms with van der Waals surface area (Å²) in [4.78, 5) is 18.5. The largest absolute Gasteiger partial charge is 0.341 e. The van der Waals surface area contributed by atoms with Crippen molar-refractivity contribution >= 4 is 17.4 Å². The maximum absolute atomic E-state index is 12.4. The normalized spacial score (nSPS) is 17.8. The Kier molecular flexibility index (Phi) is 3.56. The lowest BCUT2D eigenvalue weighted by Crippen LogP contribution is -2.35. The minimum absolute atomic E-state index is 0.0766. The molecular formula is C14H18N4OS. The summed E-state index contributed by atoms with van der Waals surface area (Å²) < 4.78 is 6.37. The Hall–Kier alpha value is -1.69. The predicted molar refractivity (Wildman–Crippen MR) is 77.8 cm³/mol. The molecule has 1 aliphatic heterocycles. The van der Waals surface area contributed by atoms with Gasteiger partial charge in [0.1, 0.15) is 5.82 Å². The zero-order valence-electron chi connectivity index (χ0n) is 11.7. The molecule has 0 radical (unpaired) electrons. The molecule has 5 nitrogen and oxygen atoms in total. The van der Waals surface area contributed by atoms with Crippen molar-refractivity contribution in [1.29, 1.82) is 0 Å². The van der Waals surface area contributed by atoms with E-state index in [-0.39, 0.29) is 5.91 Å². The highest BCUT2D eigenvalue weighted by Crippen LogP contribution is 2.20. The molecule has 0 aliphatic carbocycles. The van der Waals surface area contributed by atoms with Gasteiger partial charge < -0.3 is 9.47 Å². The molecule has 0 aromatic carbocycles. The third-order valence-corrected chi connectivity index (χ3v) is 4.61. The lowest BCUT2D eigenvalue weighted by Gasteiger charge is -2.28. The van der Waals surface area contributed by atoms with E-state index in [4.69, 9.17) is 0 Å². The number of imidazole rings is 1. The van der Waals surface area contributed by atoms with E-state index in [1.54, 1.807) is 0 Å². The number of carbonyl (C=O) groups excluding carboxylic acids is 1. The highest BCUT2D eigenvalue weighted by Gasteiger charge is 2.23. The molecule has 0 bridgehead atoms. The molecule has 0 spiro atoms. The first kappa shape index (κ1) is 13.3. The minimum atomic E-state index is 0.0766. The molecule has 1 amide bonds. The lowest BCUT2D eigenvalue weighted by molar-refractivity contribution is 0.0760. The van der Waals surface area contributed by atoms with Crippen LogP contribution in [0.15, 0.2) is 17.8 Å². The maximum Gasteiger partial charge on any atom is 0.256 e. The summed E-state index contributed by atoms with van der Waals surface area (Å²) >= 11 is 1.34. The monoisotopic (exact) mass is 290 g/mol. The van der Waals surface area contributed by atoms with Crippen molar-refractivity contribution < 1.29 is 4.79 Å². The molecule has 0 saturated carbocycles. The molecule has 0 N–H and O–H groups in total. The molecule has 20 heavy (non-hydrogen) atoms. The van der Waals surface area contributed by atoms with E-state index in [0.29, 0.717) is 5.92 Å². The van der Waals surface area contributed by atoms with Gasteiger partial charge in [0.25, 0.3) is 5.91 Å². The second-order valence-electron chi connectivity index (χ2n) is 5.40.